The maximum atomic E-state index is 14.3. The molecular weight excluding hydrogens is 513 g/mol. The fraction of sp³-hybridized carbons (Fsp3) is 0.231. The Bertz CT molecular complexity index is 1700. The van der Waals surface area contributed by atoms with Gasteiger partial charge in [0.15, 0.2) is 0 Å². The number of nitrogens with one attached hydrogen (secondary N) is 2. The van der Waals surface area contributed by atoms with Gasteiger partial charge < -0.3 is 10.1 Å². The molecule has 0 spiro atoms. The first-order valence-corrected chi connectivity index (χ1v) is 13.1. The minimum absolute atomic E-state index is 0.00555. The minimum Gasteiger partial charge on any atom is -0.480 e. The fourth-order valence-corrected chi connectivity index (χ4v) is 5.17. The van der Waals surface area contributed by atoms with E-state index >= 15 is 0 Å². The maximum absolute atomic E-state index is 14.3. The third kappa shape index (κ3) is 5.35. The number of hydrogen-bond acceptors (Lipinski definition) is 7. The summed E-state index contributed by atoms with van der Waals surface area (Å²) < 4.78 is 49.3. The van der Waals surface area contributed by atoms with Crippen molar-refractivity contribution < 1.29 is 22.3 Å². The predicted octanol–water partition coefficient (Wildman–Crippen LogP) is 3.10. The lowest BCUT2D eigenvalue weighted by Gasteiger charge is -2.14. The summed E-state index contributed by atoms with van der Waals surface area (Å²) in [7, 11) is -1.45. The number of methoxy groups -OCH3 is 1. The smallest absolute Gasteiger partial charge is 0.265 e. The highest BCUT2D eigenvalue weighted by Gasteiger charge is 2.22. The van der Waals surface area contributed by atoms with E-state index in [2.05, 4.69) is 20.0 Å². The Kier molecular flexibility index (Phi) is 7.44. The Labute approximate surface area is 218 Å². The Morgan fingerprint density at radius 3 is 2.61 bits per heavy atom. The molecule has 2 aromatic heterocycles. The molecule has 0 saturated heterocycles. The molecule has 0 aliphatic rings. The number of aromatic nitrogens is 3. The monoisotopic (exact) mass is 539 g/mol. The van der Waals surface area contributed by atoms with Crippen LogP contribution in [0, 0.1) is 18.7 Å². The van der Waals surface area contributed by atoms with Crippen LogP contribution in [0.5, 0.6) is 5.88 Å². The maximum Gasteiger partial charge on any atom is 0.265 e. The molecule has 198 valence electrons. The molecule has 4 aromatic rings. The number of carbonyl (C=O) groups is 1. The van der Waals surface area contributed by atoms with Crippen LogP contribution in [-0.4, -0.2) is 43.0 Å². The summed E-state index contributed by atoms with van der Waals surface area (Å²) in [6.07, 6.45) is 2.86. The number of benzene rings is 2. The lowest BCUT2D eigenvalue weighted by Crippen LogP contribution is -2.32. The molecule has 2 aromatic carbocycles. The molecule has 38 heavy (non-hydrogen) atoms. The molecule has 1 amide bonds. The molecule has 0 radical (unpaired) electrons. The van der Waals surface area contributed by atoms with Crippen LogP contribution in [0.2, 0.25) is 0 Å². The third-order valence-electron chi connectivity index (χ3n) is 5.99. The molecule has 0 bridgehead atoms. The number of carbonyl (C=O) groups excluding carboxylic acids is 1. The van der Waals surface area contributed by atoms with E-state index in [0.29, 0.717) is 27.6 Å². The van der Waals surface area contributed by atoms with Crippen molar-refractivity contribution in [1.82, 2.24) is 19.9 Å². The van der Waals surface area contributed by atoms with E-state index in [1.807, 2.05) is 0 Å². The standard InChI is InChI=1S/C26H26FN5O5S/c1-15-5-7-20(27)23(9-15)38(35,36)31-22-11-18(12-29-25(22)37-4)17-6-8-21-19(10-17)26(34)32(14-30-21)13-16(2)24(33)28-3/h5-12,14,16,31H,13H2,1-4H3,(H,28,33)/t16-/m0/s1. The molecule has 4 rings (SSSR count). The van der Waals surface area contributed by atoms with E-state index in [4.69, 9.17) is 4.74 Å². The Morgan fingerprint density at radius 2 is 1.89 bits per heavy atom. The van der Waals surface area contributed by atoms with Gasteiger partial charge in [-0.1, -0.05) is 19.1 Å². The summed E-state index contributed by atoms with van der Waals surface area (Å²) in [5.41, 5.74) is 1.74. The number of fused-ring (bicyclic) bond motifs is 1. The molecule has 0 unspecified atom stereocenters. The zero-order valence-corrected chi connectivity index (χ0v) is 22.0. The van der Waals surface area contributed by atoms with Gasteiger partial charge in [-0.25, -0.2) is 22.8 Å². The van der Waals surface area contributed by atoms with Crippen molar-refractivity contribution in [3.05, 3.63) is 76.7 Å². The number of ether oxygens (including phenoxy) is 1. The van der Waals surface area contributed by atoms with E-state index in [0.717, 1.165) is 6.07 Å². The second kappa shape index (κ2) is 10.6. The summed E-state index contributed by atoms with van der Waals surface area (Å²) in [6.45, 7) is 3.51. The van der Waals surface area contributed by atoms with Crippen molar-refractivity contribution in [1.29, 1.82) is 0 Å². The largest absolute Gasteiger partial charge is 0.480 e. The van der Waals surface area contributed by atoms with Gasteiger partial charge >= 0.3 is 0 Å². The van der Waals surface area contributed by atoms with Crippen molar-refractivity contribution in [3.8, 4) is 17.0 Å². The van der Waals surface area contributed by atoms with Crippen LogP contribution >= 0.6 is 0 Å². The van der Waals surface area contributed by atoms with Gasteiger partial charge in [0, 0.05) is 25.4 Å². The molecule has 0 aliphatic heterocycles. The second-order valence-corrected chi connectivity index (χ2v) is 10.4. The van der Waals surface area contributed by atoms with Crippen LogP contribution in [0.15, 0.2) is 64.7 Å². The van der Waals surface area contributed by atoms with Gasteiger partial charge in [-0.15, -0.1) is 0 Å². The average molecular weight is 540 g/mol. The molecular formula is C26H26FN5O5S. The number of anilines is 1. The van der Waals surface area contributed by atoms with Crippen molar-refractivity contribution in [2.75, 3.05) is 18.9 Å². The quantitative estimate of drug-likeness (QED) is 0.352. The van der Waals surface area contributed by atoms with Gasteiger partial charge in [0.1, 0.15) is 16.4 Å². The van der Waals surface area contributed by atoms with Crippen molar-refractivity contribution in [3.63, 3.8) is 0 Å². The molecule has 0 saturated carbocycles. The number of hydrogen-bond donors (Lipinski definition) is 2. The highest BCUT2D eigenvalue weighted by molar-refractivity contribution is 7.92. The molecule has 12 heteroatoms. The second-order valence-electron chi connectivity index (χ2n) is 8.77. The number of nitrogens with zero attached hydrogens (tertiary/aromatic N) is 3. The summed E-state index contributed by atoms with van der Waals surface area (Å²) in [4.78, 5) is 33.1. The first-order valence-electron chi connectivity index (χ1n) is 11.6. The first kappa shape index (κ1) is 26.7. The van der Waals surface area contributed by atoms with Crippen molar-refractivity contribution >= 4 is 32.5 Å². The SMILES string of the molecule is CNC(=O)[C@@H](C)Cn1cnc2ccc(-c3cnc(OC)c(NS(=O)(=O)c4cc(C)ccc4F)c3)cc2c1=O. The van der Waals surface area contributed by atoms with Crippen LogP contribution in [0.25, 0.3) is 22.0 Å². The topological polar surface area (TPSA) is 132 Å². The van der Waals surface area contributed by atoms with Crippen molar-refractivity contribution in [2.24, 2.45) is 5.92 Å². The van der Waals surface area contributed by atoms with Crippen molar-refractivity contribution in [2.45, 2.75) is 25.3 Å². The number of sulfonamides is 1. The number of pyridine rings is 1. The minimum atomic E-state index is -4.31. The van der Waals surface area contributed by atoms with Crippen LogP contribution in [-0.2, 0) is 21.4 Å². The molecule has 1 atom stereocenters. The van der Waals surface area contributed by atoms with E-state index in [9.17, 15) is 22.4 Å². The molecule has 0 aliphatic carbocycles. The molecule has 0 fully saturated rings. The zero-order chi connectivity index (χ0) is 27.6. The van der Waals surface area contributed by atoms with Crippen LogP contribution in [0.1, 0.15) is 12.5 Å². The average Bonchev–Trinajstić information content (AvgIpc) is 2.90. The van der Waals surface area contributed by atoms with Gasteiger partial charge in [-0.3, -0.25) is 18.9 Å². The lowest BCUT2D eigenvalue weighted by atomic mass is 10.0. The van der Waals surface area contributed by atoms with Gasteiger partial charge in [0.05, 0.1) is 30.3 Å². The van der Waals surface area contributed by atoms with Gasteiger partial charge in [-0.2, -0.15) is 0 Å². The molecule has 2 heterocycles. The highest BCUT2D eigenvalue weighted by Crippen LogP contribution is 2.31. The van der Waals surface area contributed by atoms with E-state index in [-0.39, 0.29) is 29.6 Å². The number of aryl methyl sites for hydroxylation is 1. The van der Waals surface area contributed by atoms with Gasteiger partial charge in [0.25, 0.3) is 15.6 Å². The normalized spacial score (nSPS) is 12.2. The Morgan fingerprint density at radius 1 is 1.13 bits per heavy atom. The van der Waals surface area contributed by atoms with Crippen LogP contribution in [0.4, 0.5) is 10.1 Å². The van der Waals surface area contributed by atoms with Crippen LogP contribution < -0.4 is 20.3 Å². The summed E-state index contributed by atoms with van der Waals surface area (Å²) in [5, 5.41) is 2.87. The third-order valence-corrected chi connectivity index (χ3v) is 7.37. The molecule has 10 nitrogen and oxygen atoms in total. The van der Waals surface area contributed by atoms with Gasteiger partial charge in [0.2, 0.25) is 11.8 Å². The summed E-state index contributed by atoms with van der Waals surface area (Å²) in [5.74, 6) is -1.55. The Balaban J connectivity index is 1.74. The van der Waals surface area contributed by atoms with E-state index in [1.165, 1.54) is 49.4 Å². The number of amides is 1. The summed E-state index contributed by atoms with van der Waals surface area (Å²) >= 11 is 0. The predicted molar refractivity (Wildman–Crippen MR) is 141 cm³/mol. The molecule has 2 N–H and O–H groups in total. The van der Waals surface area contributed by atoms with E-state index in [1.54, 1.807) is 32.0 Å². The fourth-order valence-electron chi connectivity index (χ4n) is 3.96. The Hall–Kier alpha value is -4.32. The lowest BCUT2D eigenvalue weighted by molar-refractivity contribution is -0.124. The number of rotatable bonds is 8. The zero-order valence-electron chi connectivity index (χ0n) is 21.1. The number of halogens is 1. The first-order chi connectivity index (χ1) is 18.0. The van der Waals surface area contributed by atoms with Gasteiger partial charge in [-0.05, 0) is 48.4 Å². The van der Waals surface area contributed by atoms with E-state index < -0.39 is 26.7 Å². The summed E-state index contributed by atoms with van der Waals surface area (Å²) in [6, 6.07) is 10.3. The highest BCUT2D eigenvalue weighted by atomic mass is 32.2. The van der Waals surface area contributed by atoms with Crippen LogP contribution in [0.3, 0.4) is 0 Å².